The van der Waals surface area contributed by atoms with E-state index in [0.29, 0.717) is 11.3 Å². The van der Waals surface area contributed by atoms with Crippen LogP contribution < -0.4 is 11.1 Å². The van der Waals surface area contributed by atoms with E-state index < -0.39 is 5.97 Å². The molecule has 1 aromatic rings. The topological polar surface area (TPSA) is 81.4 Å². The molecule has 1 amide bonds. The molecule has 102 valence electrons. The average Bonchev–Trinajstić information content (AvgIpc) is 2.85. The summed E-state index contributed by atoms with van der Waals surface area (Å²) in [6, 6.07) is 6.84. The van der Waals surface area contributed by atoms with Crippen molar-refractivity contribution >= 4 is 17.6 Å². The summed E-state index contributed by atoms with van der Waals surface area (Å²) >= 11 is 0. The van der Waals surface area contributed by atoms with Crippen LogP contribution in [0, 0.1) is 5.92 Å². The summed E-state index contributed by atoms with van der Waals surface area (Å²) in [6.45, 7) is 0. The molecule has 2 unspecified atom stereocenters. The highest BCUT2D eigenvalue weighted by Crippen LogP contribution is 2.25. The minimum atomic E-state index is -0.418. The molecule has 0 saturated heterocycles. The first-order chi connectivity index (χ1) is 9.10. The maximum absolute atomic E-state index is 12.0. The zero-order chi connectivity index (χ0) is 13.8. The van der Waals surface area contributed by atoms with Crippen LogP contribution in [0.5, 0.6) is 0 Å². The van der Waals surface area contributed by atoms with Crippen molar-refractivity contribution in [1.29, 1.82) is 0 Å². The van der Waals surface area contributed by atoms with E-state index in [1.54, 1.807) is 24.3 Å². The largest absolute Gasteiger partial charge is 0.465 e. The predicted octanol–water partition coefficient (Wildman–Crippen LogP) is 1.54. The lowest BCUT2D eigenvalue weighted by molar-refractivity contribution is -0.119. The molecule has 1 aliphatic rings. The summed E-state index contributed by atoms with van der Waals surface area (Å²) < 4.78 is 4.64. The minimum Gasteiger partial charge on any atom is -0.465 e. The fourth-order valence-corrected chi connectivity index (χ4v) is 2.34. The van der Waals surface area contributed by atoms with E-state index in [1.807, 2.05) is 0 Å². The van der Waals surface area contributed by atoms with Gasteiger partial charge in [0.1, 0.15) is 0 Å². The molecule has 19 heavy (non-hydrogen) atoms. The summed E-state index contributed by atoms with van der Waals surface area (Å²) in [7, 11) is 1.33. The van der Waals surface area contributed by atoms with Gasteiger partial charge in [-0.15, -0.1) is 0 Å². The van der Waals surface area contributed by atoms with Crippen LogP contribution in [0.1, 0.15) is 29.6 Å². The molecular weight excluding hydrogens is 244 g/mol. The Morgan fingerprint density at radius 2 is 2.16 bits per heavy atom. The number of carbonyl (C=O) groups excluding carboxylic acids is 2. The Labute approximate surface area is 112 Å². The Bertz CT molecular complexity index is 487. The van der Waals surface area contributed by atoms with Gasteiger partial charge in [0.05, 0.1) is 12.7 Å². The number of nitrogens with two attached hydrogens (primary N) is 1. The van der Waals surface area contributed by atoms with Crippen molar-refractivity contribution in [3.05, 3.63) is 29.8 Å². The third-order valence-corrected chi connectivity index (χ3v) is 3.40. The molecule has 5 heteroatoms. The Hall–Kier alpha value is -1.88. The van der Waals surface area contributed by atoms with Gasteiger partial charge in [-0.3, -0.25) is 4.79 Å². The zero-order valence-corrected chi connectivity index (χ0v) is 10.9. The van der Waals surface area contributed by atoms with Crippen LogP contribution in [0.2, 0.25) is 0 Å². The van der Waals surface area contributed by atoms with Gasteiger partial charge in [-0.1, -0.05) is 6.07 Å². The maximum atomic E-state index is 12.0. The van der Waals surface area contributed by atoms with Crippen LogP contribution in [0.4, 0.5) is 5.69 Å². The Morgan fingerprint density at radius 3 is 2.79 bits per heavy atom. The van der Waals surface area contributed by atoms with Crippen LogP contribution in [-0.4, -0.2) is 25.0 Å². The van der Waals surface area contributed by atoms with E-state index >= 15 is 0 Å². The number of hydrogen-bond acceptors (Lipinski definition) is 4. The first kappa shape index (κ1) is 13.5. The van der Waals surface area contributed by atoms with Crippen LogP contribution >= 0.6 is 0 Å². The van der Waals surface area contributed by atoms with Gasteiger partial charge < -0.3 is 15.8 Å². The van der Waals surface area contributed by atoms with Gasteiger partial charge in [0, 0.05) is 17.6 Å². The van der Waals surface area contributed by atoms with E-state index in [4.69, 9.17) is 5.73 Å². The molecular formula is C14H18N2O3. The molecule has 2 atom stereocenters. The number of ether oxygens (including phenoxy) is 1. The number of amides is 1. The number of benzene rings is 1. The normalized spacial score (nSPS) is 22.0. The summed E-state index contributed by atoms with van der Waals surface area (Å²) in [6.07, 6.45) is 2.44. The first-order valence-electron chi connectivity index (χ1n) is 6.35. The number of anilines is 1. The minimum absolute atomic E-state index is 0.0308. The molecule has 5 nitrogen and oxygen atoms in total. The van der Waals surface area contributed by atoms with Crippen LogP contribution in [0.25, 0.3) is 0 Å². The van der Waals surface area contributed by atoms with Gasteiger partial charge in [-0.2, -0.15) is 0 Å². The smallest absolute Gasteiger partial charge is 0.337 e. The van der Waals surface area contributed by atoms with Crippen LogP contribution in [0.3, 0.4) is 0 Å². The predicted molar refractivity (Wildman–Crippen MR) is 71.7 cm³/mol. The third-order valence-electron chi connectivity index (χ3n) is 3.40. The molecule has 0 heterocycles. The average molecular weight is 262 g/mol. The molecule has 1 saturated carbocycles. The lowest BCUT2D eigenvalue weighted by Gasteiger charge is -2.11. The van der Waals surface area contributed by atoms with E-state index in [9.17, 15) is 9.59 Å². The van der Waals surface area contributed by atoms with Crippen molar-refractivity contribution in [3.8, 4) is 0 Å². The summed E-state index contributed by atoms with van der Waals surface area (Å²) in [5.74, 6) is -0.481. The van der Waals surface area contributed by atoms with Crippen LogP contribution in [0.15, 0.2) is 24.3 Å². The van der Waals surface area contributed by atoms with Gasteiger partial charge in [0.25, 0.3) is 0 Å². The quantitative estimate of drug-likeness (QED) is 0.809. The van der Waals surface area contributed by atoms with Crippen molar-refractivity contribution in [2.24, 2.45) is 11.7 Å². The number of rotatable bonds is 3. The second-order valence-electron chi connectivity index (χ2n) is 4.83. The van der Waals surface area contributed by atoms with Gasteiger partial charge in [0.2, 0.25) is 5.91 Å². The summed E-state index contributed by atoms with van der Waals surface area (Å²) in [4.78, 5) is 23.4. The van der Waals surface area contributed by atoms with Gasteiger partial charge in [0.15, 0.2) is 0 Å². The molecule has 0 bridgehead atoms. The van der Waals surface area contributed by atoms with E-state index in [0.717, 1.165) is 19.3 Å². The highest BCUT2D eigenvalue weighted by molar-refractivity contribution is 5.95. The Morgan fingerprint density at radius 1 is 1.37 bits per heavy atom. The van der Waals surface area contributed by atoms with Gasteiger partial charge in [-0.05, 0) is 37.5 Å². The molecule has 1 aromatic carbocycles. The van der Waals surface area contributed by atoms with Crippen molar-refractivity contribution < 1.29 is 14.3 Å². The van der Waals surface area contributed by atoms with Gasteiger partial charge >= 0.3 is 5.97 Å². The zero-order valence-electron chi connectivity index (χ0n) is 10.9. The molecule has 0 spiro atoms. The van der Waals surface area contributed by atoms with Crippen molar-refractivity contribution in [3.63, 3.8) is 0 Å². The second-order valence-corrected chi connectivity index (χ2v) is 4.83. The molecule has 0 radical (unpaired) electrons. The first-order valence-corrected chi connectivity index (χ1v) is 6.35. The van der Waals surface area contributed by atoms with Crippen LogP contribution in [-0.2, 0) is 9.53 Å². The molecule has 1 aliphatic carbocycles. The molecule has 0 aromatic heterocycles. The Balaban J connectivity index is 2.03. The number of esters is 1. The molecule has 2 rings (SSSR count). The second kappa shape index (κ2) is 5.84. The fraction of sp³-hybridized carbons (Fsp3) is 0.429. The SMILES string of the molecule is COC(=O)c1cccc(NC(=O)C2CCC(N)C2)c1. The fourth-order valence-electron chi connectivity index (χ4n) is 2.34. The summed E-state index contributed by atoms with van der Waals surface area (Å²) in [5.41, 5.74) is 6.82. The molecule has 0 aliphatic heterocycles. The molecule has 1 fully saturated rings. The van der Waals surface area contributed by atoms with Crippen molar-refractivity contribution in [2.75, 3.05) is 12.4 Å². The number of carbonyl (C=O) groups is 2. The lowest BCUT2D eigenvalue weighted by Crippen LogP contribution is -2.23. The molecule has 3 N–H and O–H groups in total. The standard InChI is InChI=1S/C14H18N2O3/c1-19-14(18)10-3-2-4-12(8-10)16-13(17)9-5-6-11(15)7-9/h2-4,8-9,11H,5-7,15H2,1H3,(H,16,17). The van der Waals surface area contributed by atoms with E-state index in [2.05, 4.69) is 10.1 Å². The van der Waals surface area contributed by atoms with Crippen molar-refractivity contribution in [1.82, 2.24) is 0 Å². The highest BCUT2D eigenvalue weighted by Gasteiger charge is 2.27. The summed E-state index contributed by atoms with van der Waals surface area (Å²) in [5, 5.41) is 2.82. The van der Waals surface area contributed by atoms with E-state index in [1.165, 1.54) is 7.11 Å². The number of nitrogens with one attached hydrogen (secondary N) is 1. The van der Waals surface area contributed by atoms with Gasteiger partial charge in [-0.25, -0.2) is 4.79 Å². The lowest BCUT2D eigenvalue weighted by atomic mass is 10.1. The maximum Gasteiger partial charge on any atom is 0.337 e. The highest BCUT2D eigenvalue weighted by atomic mass is 16.5. The number of methoxy groups -OCH3 is 1. The van der Waals surface area contributed by atoms with Crippen molar-refractivity contribution in [2.45, 2.75) is 25.3 Å². The Kier molecular flexibility index (Phi) is 4.16. The third kappa shape index (κ3) is 3.32. The monoisotopic (exact) mass is 262 g/mol. The van der Waals surface area contributed by atoms with E-state index in [-0.39, 0.29) is 17.9 Å². The number of hydrogen-bond donors (Lipinski definition) is 2.